The Bertz CT molecular complexity index is 394. The van der Waals surface area contributed by atoms with Crippen molar-refractivity contribution in [2.24, 2.45) is 11.5 Å². The van der Waals surface area contributed by atoms with Gasteiger partial charge in [-0.05, 0) is 12.1 Å². The number of likely N-dealkylation sites (N-methyl/N-ethyl adjacent to an activating group) is 1. The molecule has 2 atom stereocenters. The quantitative estimate of drug-likeness (QED) is 0.609. The highest BCUT2D eigenvalue weighted by Crippen LogP contribution is 2.30. The van der Waals surface area contributed by atoms with Gasteiger partial charge in [0.05, 0.1) is 5.69 Å². The van der Waals surface area contributed by atoms with Crippen molar-refractivity contribution in [1.29, 1.82) is 0 Å². The van der Waals surface area contributed by atoms with Crippen molar-refractivity contribution in [2.75, 3.05) is 11.9 Å². The van der Waals surface area contributed by atoms with E-state index in [-0.39, 0.29) is 5.91 Å². The Morgan fingerprint density at radius 3 is 2.73 bits per heavy atom. The van der Waals surface area contributed by atoms with Crippen LogP contribution in [0.5, 0.6) is 5.75 Å². The van der Waals surface area contributed by atoms with E-state index in [0.29, 0.717) is 11.4 Å². The zero-order valence-electron chi connectivity index (χ0n) is 8.38. The molecule has 1 aromatic rings. The van der Waals surface area contributed by atoms with Crippen LogP contribution in [0, 0.1) is 0 Å². The normalized spacial score (nSPS) is 25.5. The number of nitrogens with two attached hydrogens (primary N) is 2. The van der Waals surface area contributed by atoms with Crippen LogP contribution in [-0.2, 0) is 4.79 Å². The number of fused-ring (bicyclic) bond motifs is 1. The van der Waals surface area contributed by atoms with Gasteiger partial charge >= 0.3 is 0 Å². The second kappa shape index (κ2) is 3.52. The Balaban J connectivity index is 2.49. The first-order chi connectivity index (χ1) is 7.11. The van der Waals surface area contributed by atoms with Crippen molar-refractivity contribution in [3.05, 3.63) is 24.3 Å². The lowest BCUT2D eigenvalue weighted by Gasteiger charge is -2.18. The topological polar surface area (TPSA) is 81.6 Å². The summed E-state index contributed by atoms with van der Waals surface area (Å²) >= 11 is 0. The zero-order valence-corrected chi connectivity index (χ0v) is 8.38. The Kier molecular flexibility index (Phi) is 2.34. The summed E-state index contributed by atoms with van der Waals surface area (Å²) in [5.74, 6) is 0.334. The predicted molar refractivity (Wildman–Crippen MR) is 56.4 cm³/mol. The van der Waals surface area contributed by atoms with Crippen LogP contribution in [-0.4, -0.2) is 25.2 Å². The lowest BCUT2D eigenvalue weighted by atomic mass is 10.2. The van der Waals surface area contributed by atoms with Gasteiger partial charge in [0.15, 0.2) is 6.23 Å². The second-order valence-electron chi connectivity index (χ2n) is 3.47. The van der Waals surface area contributed by atoms with Gasteiger partial charge in [-0.2, -0.15) is 0 Å². The van der Waals surface area contributed by atoms with Crippen molar-refractivity contribution >= 4 is 11.6 Å². The van der Waals surface area contributed by atoms with Gasteiger partial charge in [0.2, 0.25) is 5.91 Å². The van der Waals surface area contributed by atoms with Gasteiger partial charge in [-0.1, -0.05) is 12.1 Å². The molecule has 1 aliphatic heterocycles. The average molecular weight is 207 g/mol. The number of amides is 1. The number of nitrogens with zero attached hydrogens (tertiary/aromatic N) is 1. The minimum Gasteiger partial charge on any atom is -0.471 e. The molecule has 0 bridgehead atoms. The number of benzene rings is 1. The highest BCUT2D eigenvalue weighted by Gasteiger charge is 2.31. The zero-order chi connectivity index (χ0) is 11.0. The standard InChI is InChI=1S/C10H13N3O2/c1-13-6-4-2-3-5-7(6)15-9(12)8(11)10(13)14/h2-5,8-9H,11-12H2,1H3/t8?,9-/m0/s1. The Morgan fingerprint density at radius 2 is 2.00 bits per heavy atom. The van der Waals surface area contributed by atoms with Crippen LogP contribution in [0.4, 0.5) is 5.69 Å². The smallest absolute Gasteiger partial charge is 0.249 e. The molecule has 5 heteroatoms. The Labute approximate surface area is 87.6 Å². The lowest BCUT2D eigenvalue weighted by Crippen LogP contribution is -2.53. The second-order valence-corrected chi connectivity index (χ2v) is 3.47. The monoisotopic (exact) mass is 207 g/mol. The minimum atomic E-state index is -0.831. The van der Waals surface area contributed by atoms with Crippen LogP contribution in [0.25, 0.3) is 0 Å². The molecule has 0 spiro atoms. The fourth-order valence-corrected chi connectivity index (χ4v) is 1.54. The van der Waals surface area contributed by atoms with E-state index in [1.807, 2.05) is 12.1 Å². The van der Waals surface area contributed by atoms with E-state index in [0.717, 1.165) is 0 Å². The number of ether oxygens (including phenoxy) is 1. The SMILES string of the molecule is CN1C(=O)C(N)[C@@H](N)Oc2ccccc21. The Hall–Kier alpha value is -1.59. The van der Waals surface area contributed by atoms with E-state index >= 15 is 0 Å². The summed E-state index contributed by atoms with van der Waals surface area (Å²) in [7, 11) is 1.66. The van der Waals surface area contributed by atoms with Crippen LogP contribution in [0.3, 0.4) is 0 Å². The summed E-state index contributed by atoms with van der Waals surface area (Å²) < 4.78 is 5.40. The molecule has 0 radical (unpaired) electrons. The largest absolute Gasteiger partial charge is 0.471 e. The molecule has 0 aliphatic carbocycles. The summed E-state index contributed by atoms with van der Waals surface area (Å²) in [5, 5.41) is 0. The Morgan fingerprint density at radius 1 is 1.33 bits per heavy atom. The number of carbonyl (C=O) groups is 1. The van der Waals surface area contributed by atoms with Crippen LogP contribution >= 0.6 is 0 Å². The van der Waals surface area contributed by atoms with Crippen LogP contribution < -0.4 is 21.1 Å². The fourth-order valence-electron chi connectivity index (χ4n) is 1.54. The molecule has 1 aromatic carbocycles. The van der Waals surface area contributed by atoms with E-state index in [2.05, 4.69) is 0 Å². The summed E-state index contributed by atoms with van der Waals surface area (Å²) in [5.41, 5.74) is 12.0. The molecule has 15 heavy (non-hydrogen) atoms. The number of rotatable bonds is 0. The molecule has 1 amide bonds. The number of para-hydroxylation sites is 2. The van der Waals surface area contributed by atoms with E-state index in [9.17, 15) is 4.79 Å². The minimum absolute atomic E-state index is 0.243. The highest BCUT2D eigenvalue weighted by atomic mass is 16.5. The van der Waals surface area contributed by atoms with Crippen LogP contribution in [0.1, 0.15) is 0 Å². The molecule has 0 aromatic heterocycles. The number of hydrogen-bond donors (Lipinski definition) is 2. The van der Waals surface area contributed by atoms with Gasteiger partial charge in [-0.15, -0.1) is 0 Å². The lowest BCUT2D eigenvalue weighted by molar-refractivity contribution is -0.120. The van der Waals surface area contributed by atoms with Gasteiger partial charge in [0.1, 0.15) is 11.8 Å². The van der Waals surface area contributed by atoms with Gasteiger partial charge in [0.25, 0.3) is 0 Å². The highest BCUT2D eigenvalue weighted by molar-refractivity contribution is 5.98. The van der Waals surface area contributed by atoms with Gasteiger partial charge < -0.3 is 15.4 Å². The van der Waals surface area contributed by atoms with Crippen molar-refractivity contribution in [3.8, 4) is 5.75 Å². The molecule has 0 fully saturated rings. The van der Waals surface area contributed by atoms with E-state index < -0.39 is 12.3 Å². The number of carbonyl (C=O) groups excluding carboxylic acids is 1. The summed E-state index contributed by atoms with van der Waals surface area (Å²) in [4.78, 5) is 13.2. The van der Waals surface area contributed by atoms with Crippen molar-refractivity contribution in [1.82, 2.24) is 0 Å². The third kappa shape index (κ3) is 1.55. The maximum absolute atomic E-state index is 11.8. The molecule has 2 rings (SSSR count). The van der Waals surface area contributed by atoms with E-state index in [4.69, 9.17) is 16.2 Å². The molecule has 5 nitrogen and oxygen atoms in total. The molecule has 0 saturated carbocycles. The maximum Gasteiger partial charge on any atom is 0.249 e. The summed E-state index contributed by atoms with van der Waals surface area (Å²) in [6.07, 6.45) is -0.802. The third-order valence-corrected chi connectivity index (χ3v) is 2.46. The molecule has 1 heterocycles. The van der Waals surface area contributed by atoms with Gasteiger partial charge in [0, 0.05) is 7.05 Å². The van der Waals surface area contributed by atoms with Crippen molar-refractivity contribution in [2.45, 2.75) is 12.3 Å². The average Bonchev–Trinajstić information content (AvgIpc) is 2.32. The van der Waals surface area contributed by atoms with Gasteiger partial charge in [-0.25, -0.2) is 0 Å². The number of anilines is 1. The molecular formula is C10H13N3O2. The molecule has 4 N–H and O–H groups in total. The van der Waals surface area contributed by atoms with Gasteiger partial charge in [-0.3, -0.25) is 10.5 Å². The van der Waals surface area contributed by atoms with Crippen molar-refractivity contribution < 1.29 is 9.53 Å². The van der Waals surface area contributed by atoms with Crippen LogP contribution in [0.15, 0.2) is 24.3 Å². The first-order valence-corrected chi connectivity index (χ1v) is 4.65. The van der Waals surface area contributed by atoms with Crippen LogP contribution in [0.2, 0.25) is 0 Å². The predicted octanol–water partition coefficient (Wildman–Crippen LogP) is -0.346. The van der Waals surface area contributed by atoms with E-state index in [1.54, 1.807) is 19.2 Å². The molecule has 80 valence electrons. The third-order valence-electron chi connectivity index (χ3n) is 2.46. The number of hydrogen-bond acceptors (Lipinski definition) is 4. The molecule has 1 unspecified atom stereocenters. The first kappa shape index (κ1) is 9.95. The summed E-state index contributed by atoms with van der Waals surface area (Å²) in [6.45, 7) is 0. The molecule has 1 aliphatic rings. The summed E-state index contributed by atoms with van der Waals surface area (Å²) in [6, 6.07) is 6.37. The molecular weight excluding hydrogens is 194 g/mol. The molecule has 0 saturated heterocycles. The van der Waals surface area contributed by atoms with Crippen molar-refractivity contribution in [3.63, 3.8) is 0 Å². The van der Waals surface area contributed by atoms with E-state index in [1.165, 1.54) is 4.90 Å². The maximum atomic E-state index is 11.8. The first-order valence-electron chi connectivity index (χ1n) is 4.65. The fraction of sp³-hybridized carbons (Fsp3) is 0.300.